The molecule has 204 valence electrons. The topological polar surface area (TPSA) is 91.1 Å². The molecule has 0 aliphatic carbocycles. The van der Waals surface area contributed by atoms with E-state index in [1.165, 1.54) is 24.1 Å². The molecule has 0 radical (unpaired) electrons. The minimum absolute atomic E-state index is 0.0149. The predicted octanol–water partition coefficient (Wildman–Crippen LogP) is 5.66. The average molecular weight is 597 g/mol. The lowest BCUT2D eigenvalue weighted by molar-refractivity contribution is -0.146. The second kappa shape index (κ2) is 12.0. The molecule has 1 aliphatic rings. The molecule has 0 spiro atoms. The van der Waals surface area contributed by atoms with Crippen molar-refractivity contribution in [2.45, 2.75) is 39.0 Å². The zero-order valence-corrected chi connectivity index (χ0v) is 22.9. The van der Waals surface area contributed by atoms with Crippen LogP contribution in [-0.4, -0.2) is 38.4 Å². The molecular formula is C27H28BrF3N2O5. The number of methoxy groups -OCH3 is 1. The van der Waals surface area contributed by atoms with Crippen LogP contribution in [0.2, 0.25) is 0 Å². The van der Waals surface area contributed by atoms with Crippen LogP contribution >= 0.6 is 15.9 Å². The van der Waals surface area contributed by atoms with Gasteiger partial charge in [0.1, 0.15) is 11.9 Å². The number of esters is 2. The first kappa shape index (κ1) is 29.2. The van der Waals surface area contributed by atoms with Crippen LogP contribution in [0.15, 0.2) is 75.7 Å². The van der Waals surface area contributed by atoms with Crippen LogP contribution in [0.25, 0.3) is 0 Å². The second-order valence-electron chi connectivity index (χ2n) is 8.56. The summed E-state index contributed by atoms with van der Waals surface area (Å²) in [6.45, 7) is 4.92. The monoisotopic (exact) mass is 596 g/mol. The van der Waals surface area contributed by atoms with Crippen LogP contribution < -0.4 is 10.6 Å². The minimum atomic E-state index is -4.62. The number of hydrogen-bond acceptors (Lipinski definition) is 7. The van der Waals surface area contributed by atoms with Crippen molar-refractivity contribution in [3.05, 3.63) is 86.8 Å². The molecule has 2 atom stereocenters. The molecule has 0 saturated heterocycles. The van der Waals surface area contributed by atoms with Gasteiger partial charge < -0.3 is 24.8 Å². The normalized spacial score (nSPS) is 16.9. The highest BCUT2D eigenvalue weighted by molar-refractivity contribution is 9.10. The number of carbonyl (C=O) groups excluding carboxylic acids is 2. The van der Waals surface area contributed by atoms with Crippen molar-refractivity contribution < 1.29 is 37.0 Å². The van der Waals surface area contributed by atoms with Gasteiger partial charge >= 0.3 is 18.1 Å². The number of carbonyl (C=O) groups is 2. The Balaban J connectivity index is 2.31. The number of ether oxygens (including phenoxy) is 3. The van der Waals surface area contributed by atoms with E-state index in [9.17, 15) is 22.8 Å². The number of benzene rings is 2. The summed E-state index contributed by atoms with van der Waals surface area (Å²) in [6.07, 6.45) is -5.29. The zero-order valence-electron chi connectivity index (χ0n) is 21.3. The number of halogens is 4. The van der Waals surface area contributed by atoms with Crippen molar-refractivity contribution in [1.82, 2.24) is 0 Å². The van der Waals surface area contributed by atoms with Gasteiger partial charge in [0.05, 0.1) is 35.8 Å². The van der Waals surface area contributed by atoms with Crippen molar-refractivity contribution in [2.75, 3.05) is 25.2 Å². The Hall–Kier alpha value is -3.31. The number of nitrogens with zero attached hydrogens (tertiary/aromatic N) is 1. The number of rotatable bonds is 8. The number of anilines is 1. The molecular weight excluding hydrogens is 569 g/mol. The third-order valence-corrected chi connectivity index (χ3v) is 6.41. The first-order chi connectivity index (χ1) is 17.9. The third kappa shape index (κ3) is 6.21. The van der Waals surface area contributed by atoms with Crippen molar-refractivity contribution in [1.29, 1.82) is 0 Å². The van der Waals surface area contributed by atoms with E-state index < -0.39 is 35.7 Å². The maximum Gasteiger partial charge on any atom is 0.416 e. The van der Waals surface area contributed by atoms with E-state index in [4.69, 9.17) is 19.9 Å². The quantitative estimate of drug-likeness (QED) is 0.393. The van der Waals surface area contributed by atoms with Crippen LogP contribution in [0.3, 0.4) is 0 Å². The summed E-state index contributed by atoms with van der Waals surface area (Å²) in [5, 5.41) is 0. The van der Waals surface area contributed by atoms with Crippen LogP contribution in [0.5, 0.6) is 0 Å². The van der Waals surface area contributed by atoms with Crippen molar-refractivity contribution >= 4 is 33.6 Å². The van der Waals surface area contributed by atoms with Crippen molar-refractivity contribution in [2.24, 2.45) is 5.73 Å². The van der Waals surface area contributed by atoms with Gasteiger partial charge in [0.2, 0.25) is 0 Å². The standard InChI is InChI=1S/C27H28BrF3N2O5/c1-5-37-25(34)21-16(3)33(20-8-6-7-18(13-20)27(29,30)31)24(32)23(26(35)38-15(2)14-36-4)22(21)17-9-11-19(28)12-10-17/h6-13,15,22H,5,14,32H2,1-4H3. The van der Waals surface area contributed by atoms with Crippen LogP contribution in [0, 0.1) is 0 Å². The maximum atomic E-state index is 13.6. The first-order valence-corrected chi connectivity index (χ1v) is 12.5. The van der Waals surface area contributed by atoms with Gasteiger partial charge in [-0.15, -0.1) is 0 Å². The smallest absolute Gasteiger partial charge is 0.416 e. The molecule has 0 fully saturated rings. The molecule has 1 aliphatic heterocycles. The van der Waals surface area contributed by atoms with E-state index in [0.717, 1.165) is 16.6 Å². The summed E-state index contributed by atoms with van der Waals surface area (Å²) in [4.78, 5) is 28.1. The molecule has 11 heteroatoms. The summed E-state index contributed by atoms with van der Waals surface area (Å²) in [5.41, 5.74) is 6.34. The lowest BCUT2D eigenvalue weighted by Crippen LogP contribution is -2.40. The highest BCUT2D eigenvalue weighted by atomic mass is 79.9. The fourth-order valence-corrected chi connectivity index (χ4v) is 4.54. The number of nitrogens with two attached hydrogens (primary N) is 1. The number of alkyl halides is 3. The Morgan fingerprint density at radius 3 is 2.34 bits per heavy atom. The third-order valence-electron chi connectivity index (χ3n) is 5.88. The Morgan fingerprint density at radius 2 is 1.76 bits per heavy atom. The zero-order chi connectivity index (χ0) is 28.2. The first-order valence-electron chi connectivity index (χ1n) is 11.7. The molecule has 7 nitrogen and oxygen atoms in total. The Morgan fingerprint density at radius 1 is 1.11 bits per heavy atom. The molecule has 2 N–H and O–H groups in total. The molecule has 0 amide bonds. The molecule has 0 aromatic heterocycles. The molecule has 2 aromatic carbocycles. The Bertz CT molecular complexity index is 1260. The van der Waals surface area contributed by atoms with Gasteiger partial charge in [-0.1, -0.05) is 34.1 Å². The molecule has 38 heavy (non-hydrogen) atoms. The van der Waals surface area contributed by atoms with Crippen molar-refractivity contribution in [3.8, 4) is 0 Å². The van der Waals surface area contributed by atoms with Gasteiger partial charge in [0.15, 0.2) is 0 Å². The van der Waals surface area contributed by atoms with E-state index in [-0.39, 0.29) is 41.6 Å². The van der Waals surface area contributed by atoms with Gasteiger partial charge in [-0.3, -0.25) is 0 Å². The van der Waals surface area contributed by atoms with Gasteiger partial charge in [0.25, 0.3) is 0 Å². The molecule has 2 unspecified atom stereocenters. The fourth-order valence-electron chi connectivity index (χ4n) is 4.28. The molecule has 3 rings (SSSR count). The van der Waals surface area contributed by atoms with Gasteiger partial charge in [-0.25, -0.2) is 9.59 Å². The second-order valence-corrected chi connectivity index (χ2v) is 9.47. The van der Waals surface area contributed by atoms with Gasteiger partial charge in [0, 0.05) is 23.0 Å². The number of hydrogen-bond donors (Lipinski definition) is 1. The summed E-state index contributed by atoms with van der Waals surface area (Å²) in [5.74, 6) is -2.76. The maximum absolute atomic E-state index is 13.6. The van der Waals surface area contributed by atoms with Crippen LogP contribution in [-0.2, 0) is 30.0 Å². The SMILES string of the molecule is CCOC(=O)C1=C(C)N(c2cccc(C(F)(F)F)c2)C(N)=C(C(=O)OC(C)COC)C1c1ccc(Br)cc1. The summed E-state index contributed by atoms with van der Waals surface area (Å²) >= 11 is 3.37. The van der Waals surface area contributed by atoms with E-state index >= 15 is 0 Å². The Kier molecular flexibility index (Phi) is 9.26. The Labute approximate surface area is 227 Å². The fraction of sp³-hybridized carbons (Fsp3) is 0.333. The lowest BCUT2D eigenvalue weighted by atomic mass is 9.80. The minimum Gasteiger partial charge on any atom is -0.463 e. The summed E-state index contributed by atoms with van der Waals surface area (Å²) < 4.78 is 57.3. The van der Waals surface area contributed by atoms with E-state index in [2.05, 4.69) is 15.9 Å². The van der Waals surface area contributed by atoms with Crippen LogP contribution in [0.1, 0.15) is 37.8 Å². The van der Waals surface area contributed by atoms with E-state index in [0.29, 0.717) is 5.56 Å². The molecule has 2 aromatic rings. The summed E-state index contributed by atoms with van der Waals surface area (Å²) in [7, 11) is 1.45. The molecule has 1 heterocycles. The lowest BCUT2D eigenvalue weighted by Gasteiger charge is -2.37. The highest BCUT2D eigenvalue weighted by Gasteiger charge is 2.42. The van der Waals surface area contributed by atoms with Crippen LogP contribution in [0.4, 0.5) is 18.9 Å². The van der Waals surface area contributed by atoms with E-state index in [1.807, 2.05) is 0 Å². The van der Waals surface area contributed by atoms with Crippen molar-refractivity contribution in [3.63, 3.8) is 0 Å². The van der Waals surface area contributed by atoms with Gasteiger partial charge in [-0.05, 0) is 56.7 Å². The predicted molar refractivity (Wildman–Crippen MR) is 139 cm³/mol. The largest absolute Gasteiger partial charge is 0.463 e. The highest BCUT2D eigenvalue weighted by Crippen LogP contribution is 2.44. The van der Waals surface area contributed by atoms with E-state index in [1.54, 1.807) is 45.0 Å². The molecule has 0 bridgehead atoms. The summed E-state index contributed by atoms with van der Waals surface area (Å²) in [6, 6.07) is 11.3. The average Bonchev–Trinajstić information content (AvgIpc) is 2.84. The molecule has 0 saturated carbocycles. The number of allylic oxidation sites excluding steroid dienone is 1. The van der Waals surface area contributed by atoms with Gasteiger partial charge in [-0.2, -0.15) is 13.2 Å².